The molecule has 0 saturated carbocycles. The van der Waals surface area contributed by atoms with Crippen LogP contribution in [0.5, 0.6) is 11.5 Å². The molecule has 0 radical (unpaired) electrons. The summed E-state index contributed by atoms with van der Waals surface area (Å²) in [6.45, 7) is 1.04. The Kier molecular flexibility index (Phi) is 4.75. The maximum atomic E-state index is 5.72. The van der Waals surface area contributed by atoms with Crippen LogP contribution >= 0.6 is 0 Å². The van der Waals surface area contributed by atoms with E-state index in [1.807, 2.05) is 36.4 Å². The standard InChI is InChI=1S/C15H18N2O2/c1-18-14-8-12(11-16)9-15(10-14)19-7-5-13-4-2-3-6-17-13/h2-4,6,8-10H,5,7,11,16H2,1H3. The maximum Gasteiger partial charge on any atom is 0.123 e. The molecule has 0 bridgehead atoms. The van der Waals surface area contributed by atoms with Crippen LogP contribution in [0.4, 0.5) is 0 Å². The number of nitrogens with zero attached hydrogens (tertiary/aromatic N) is 1. The third kappa shape index (κ3) is 3.96. The molecule has 4 heteroatoms. The van der Waals surface area contributed by atoms with Crippen LogP contribution in [0.15, 0.2) is 42.6 Å². The van der Waals surface area contributed by atoms with Gasteiger partial charge in [0.2, 0.25) is 0 Å². The van der Waals surface area contributed by atoms with Gasteiger partial charge in [0.15, 0.2) is 0 Å². The second-order valence-electron chi connectivity index (χ2n) is 4.14. The van der Waals surface area contributed by atoms with Crippen LogP contribution in [0.3, 0.4) is 0 Å². The summed E-state index contributed by atoms with van der Waals surface area (Å²) in [5.41, 5.74) is 7.65. The summed E-state index contributed by atoms with van der Waals surface area (Å²) in [6.07, 6.45) is 2.56. The smallest absolute Gasteiger partial charge is 0.123 e. The molecule has 4 nitrogen and oxygen atoms in total. The van der Waals surface area contributed by atoms with Crippen LogP contribution in [0.1, 0.15) is 11.3 Å². The first-order valence-corrected chi connectivity index (χ1v) is 6.22. The molecule has 0 unspecified atom stereocenters. The Labute approximate surface area is 113 Å². The Morgan fingerprint density at radius 1 is 1.16 bits per heavy atom. The van der Waals surface area contributed by atoms with Crippen molar-refractivity contribution in [2.24, 2.45) is 5.73 Å². The van der Waals surface area contributed by atoms with Gasteiger partial charge in [0.05, 0.1) is 13.7 Å². The lowest BCUT2D eigenvalue weighted by Gasteiger charge is -2.10. The number of methoxy groups -OCH3 is 1. The lowest BCUT2D eigenvalue weighted by atomic mass is 10.2. The van der Waals surface area contributed by atoms with Gasteiger partial charge in [0, 0.05) is 30.9 Å². The van der Waals surface area contributed by atoms with E-state index in [1.54, 1.807) is 13.3 Å². The Hall–Kier alpha value is -2.07. The van der Waals surface area contributed by atoms with E-state index in [0.717, 1.165) is 29.2 Å². The summed E-state index contributed by atoms with van der Waals surface area (Å²) in [4.78, 5) is 4.25. The molecular formula is C15H18N2O2. The van der Waals surface area contributed by atoms with Gasteiger partial charge in [-0.05, 0) is 29.8 Å². The van der Waals surface area contributed by atoms with Crippen LogP contribution in [-0.4, -0.2) is 18.7 Å². The number of aromatic nitrogens is 1. The van der Waals surface area contributed by atoms with Crippen molar-refractivity contribution in [3.05, 3.63) is 53.9 Å². The molecule has 1 aromatic carbocycles. The quantitative estimate of drug-likeness (QED) is 0.862. The van der Waals surface area contributed by atoms with Crippen molar-refractivity contribution in [3.8, 4) is 11.5 Å². The summed E-state index contributed by atoms with van der Waals surface area (Å²) < 4.78 is 10.9. The molecule has 0 aliphatic rings. The highest BCUT2D eigenvalue weighted by Crippen LogP contribution is 2.22. The molecular weight excluding hydrogens is 240 g/mol. The van der Waals surface area contributed by atoms with Crippen molar-refractivity contribution in [2.45, 2.75) is 13.0 Å². The lowest BCUT2D eigenvalue weighted by molar-refractivity contribution is 0.317. The van der Waals surface area contributed by atoms with Crippen LogP contribution in [-0.2, 0) is 13.0 Å². The van der Waals surface area contributed by atoms with Crippen LogP contribution < -0.4 is 15.2 Å². The summed E-state index contributed by atoms with van der Waals surface area (Å²) in [6, 6.07) is 11.6. The number of hydrogen-bond acceptors (Lipinski definition) is 4. The zero-order valence-electron chi connectivity index (χ0n) is 11.0. The summed E-state index contributed by atoms with van der Waals surface area (Å²) >= 11 is 0. The Balaban J connectivity index is 1.95. The molecule has 0 aliphatic heterocycles. The van der Waals surface area contributed by atoms with Crippen molar-refractivity contribution in [3.63, 3.8) is 0 Å². The predicted molar refractivity (Wildman–Crippen MR) is 74.3 cm³/mol. The highest BCUT2D eigenvalue weighted by molar-refractivity contribution is 5.38. The molecule has 0 aliphatic carbocycles. The predicted octanol–water partition coefficient (Wildman–Crippen LogP) is 2.17. The first-order chi connectivity index (χ1) is 9.31. The Morgan fingerprint density at radius 3 is 2.68 bits per heavy atom. The second kappa shape index (κ2) is 6.75. The van der Waals surface area contributed by atoms with Gasteiger partial charge in [-0.15, -0.1) is 0 Å². The minimum absolute atomic E-state index is 0.466. The molecule has 100 valence electrons. The van der Waals surface area contributed by atoms with Gasteiger partial charge in [-0.25, -0.2) is 0 Å². The van der Waals surface area contributed by atoms with E-state index >= 15 is 0 Å². The molecule has 2 N–H and O–H groups in total. The number of ether oxygens (including phenoxy) is 2. The maximum absolute atomic E-state index is 5.72. The van der Waals surface area contributed by atoms with Crippen molar-refractivity contribution < 1.29 is 9.47 Å². The van der Waals surface area contributed by atoms with Gasteiger partial charge in [0.1, 0.15) is 11.5 Å². The summed E-state index contributed by atoms with van der Waals surface area (Å²) in [5, 5.41) is 0. The Bertz CT molecular complexity index is 493. The molecule has 0 fully saturated rings. The fourth-order valence-electron chi connectivity index (χ4n) is 1.77. The first kappa shape index (κ1) is 13.4. The van der Waals surface area contributed by atoms with E-state index in [9.17, 15) is 0 Å². The van der Waals surface area contributed by atoms with Gasteiger partial charge >= 0.3 is 0 Å². The third-order valence-corrected chi connectivity index (χ3v) is 2.76. The van der Waals surface area contributed by atoms with E-state index in [2.05, 4.69) is 4.98 Å². The van der Waals surface area contributed by atoms with Crippen molar-refractivity contribution in [1.29, 1.82) is 0 Å². The average molecular weight is 258 g/mol. The molecule has 1 heterocycles. The normalized spacial score (nSPS) is 10.2. The third-order valence-electron chi connectivity index (χ3n) is 2.76. The number of pyridine rings is 1. The van der Waals surface area contributed by atoms with E-state index in [-0.39, 0.29) is 0 Å². The monoisotopic (exact) mass is 258 g/mol. The van der Waals surface area contributed by atoms with Crippen molar-refractivity contribution >= 4 is 0 Å². The highest BCUT2D eigenvalue weighted by Gasteiger charge is 2.02. The number of rotatable bonds is 6. The van der Waals surface area contributed by atoms with Gasteiger partial charge in [-0.1, -0.05) is 6.07 Å². The van der Waals surface area contributed by atoms with Crippen LogP contribution in [0, 0.1) is 0 Å². The van der Waals surface area contributed by atoms with E-state index in [0.29, 0.717) is 13.2 Å². The number of benzene rings is 1. The van der Waals surface area contributed by atoms with Gasteiger partial charge in [-0.3, -0.25) is 4.98 Å². The van der Waals surface area contributed by atoms with Crippen LogP contribution in [0.2, 0.25) is 0 Å². The average Bonchev–Trinajstić information content (AvgIpc) is 2.48. The van der Waals surface area contributed by atoms with Crippen molar-refractivity contribution in [1.82, 2.24) is 4.98 Å². The van der Waals surface area contributed by atoms with E-state index in [4.69, 9.17) is 15.2 Å². The fourth-order valence-corrected chi connectivity index (χ4v) is 1.77. The van der Waals surface area contributed by atoms with E-state index in [1.165, 1.54) is 0 Å². The molecule has 0 spiro atoms. The zero-order chi connectivity index (χ0) is 13.5. The van der Waals surface area contributed by atoms with Gasteiger partial charge in [0.25, 0.3) is 0 Å². The number of hydrogen-bond donors (Lipinski definition) is 1. The van der Waals surface area contributed by atoms with Gasteiger partial charge in [-0.2, -0.15) is 0 Å². The molecule has 19 heavy (non-hydrogen) atoms. The summed E-state index contributed by atoms with van der Waals surface area (Å²) in [7, 11) is 1.63. The first-order valence-electron chi connectivity index (χ1n) is 6.22. The van der Waals surface area contributed by atoms with Crippen molar-refractivity contribution in [2.75, 3.05) is 13.7 Å². The van der Waals surface area contributed by atoms with Gasteiger partial charge < -0.3 is 15.2 Å². The molecule has 0 atom stereocenters. The molecule has 2 rings (SSSR count). The Morgan fingerprint density at radius 2 is 2.00 bits per heavy atom. The second-order valence-corrected chi connectivity index (χ2v) is 4.14. The SMILES string of the molecule is COc1cc(CN)cc(OCCc2ccccn2)c1. The van der Waals surface area contributed by atoms with E-state index < -0.39 is 0 Å². The zero-order valence-corrected chi connectivity index (χ0v) is 11.0. The largest absolute Gasteiger partial charge is 0.497 e. The topological polar surface area (TPSA) is 57.4 Å². The molecule has 0 saturated heterocycles. The molecule has 0 amide bonds. The molecule has 1 aromatic heterocycles. The minimum Gasteiger partial charge on any atom is -0.497 e. The molecule has 2 aromatic rings. The fraction of sp³-hybridized carbons (Fsp3) is 0.267. The minimum atomic E-state index is 0.466. The number of nitrogens with two attached hydrogens (primary N) is 1. The lowest BCUT2D eigenvalue weighted by Crippen LogP contribution is -2.04. The summed E-state index contributed by atoms with van der Waals surface area (Å²) in [5.74, 6) is 1.53. The highest BCUT2D eigenvalue weighted by atomic mass is 16.5. The van der Waals surface area contributed by atoms with Crippen LogP contribution in [0.25, 0.3) is 0 Å².